The molecule has 0 atom stereocenters. The van der Waals surface area contributed by atoms with E-state index >= 15 is 0 Å². The highest BCUT2D eigenvalue weighted by atomic mass is 15.0. The van der Waals surface area contributed by atoms with Crippen molar-refractivity contribution in [1.82, 2.24) is 29.1 Å². The van der Waals surface area contributed by atoms with E-state index in [-0.39, 0.29) is 0 Å². The molecule has 72 heavy (non-hydrogen) atoms. The quantitative estimate of drug-likeness (QED) is 0.142. The molecule has 334 valence electrons. The van der Waals surface area contributed by atoms with Crippen molar-refractivity contribution in [1.29, 1.82) is 5.26 Å². The first-order chi connectivity index (χ1) is 35.6. The van der Waals surface area contributed by atoms with Gasteiger partial charge in [-0.2, -0.15) is 5.26 Å². The summed E-state index contributed by atoms with van der Waals surface area (Å²) in [6.45, 7) is 7.69. The molecule has 4 heterocycles. The third-order valence-corrected chi connectivity index (χ3v) is 13.5. The van der Waals surface area contributed by atoms with Gasteiger partial charge in [0.1, 0.15) is 0 Å². The molecule has 0 radical (unpaired) electrons. The minimum absolute atomic E-state index is 0.534. The zero-order chi connectivity index (χ0) is 48.1. The molecule has 0 spiro atoms. The SMILES string of the molecule is [C-]#[N+]c1cccc(-c2ccc3c(c2)c2ccccc2n3-c2ccc(-c3nc(-c4ccccc4)nc(-c4ccccc4)n3)cc2-c2ncccc2-n2c3ccccc3c3cc(-c4cccc(C#N)c4)ccc32)c1. The van der Waals surface area contributed by atoms with Crippen molar-refractivity contribution >= 4 is 49.3 Å². The Balaban J connectivity index is 1.08. The summed E-state index contributed by atoms with van der Waals surface area (Å²) in [6, 6.07) is 78.7. The normalized spacial score (nSPS) is 11.3. The number of pyridine rings is 1. The fraction of sp³-hybridized carbons (Fsp3) is 0. The Morgan fingerprint density at radius 2 is 0.889 bits per heavy atom. The van der Waals surface area contributed by atoms with Gasteiger partial charge in [-0.1, -0.05) is 140 Å². The van der Waals surface area contributed by atoms with Crippen LogP contribution < -0.4 is 0 Å². The van der Waals surface area contributed by atoms with Gasteiger partial charge in [-0.25, -0.2) is 19.8 Å². The molecule has 8 nitrogen and oxygen atoms in total. The van der Waals surface area contributed by atoms with Crippen LogP contribution in [0.2, 0.25) is 0 Å². The molecule has 0 aliphatic carbocycles. The molecule has 0 bridgehead atoms. The molecule has 0 N–H and O–H groups in total. The number of hydrogen-bond donors (Lipinski definition) is 0. The molecule has 4 aromatic heterocycles. The standard InChI is InChI=1S/C64H38N8/c1-66-49-22-13-21-45(36-49)47-29-31-57-52(38-47)50-23-8-10-25-55(50)71(57)59-33-30-48(64-69-62(42-16-4-2-5-17-42)68-63(70-64)43-18-6-3-7-19-43)39-54(59)61-60(27-14-34-67-61)72-56-26-11-9-24-51(56)53-37-46(28-32-58(53)72)44-20-12-15-41(35-44)40-65/h2-39H. The maximum absolute atomic E-state index is 9.75. The molecule has 0 saturated heterocycles. The third kappa shape index (κ3) is 7.15. The van der Waals surface area contributed by atoms with Crippen LogP contribution >= 0.6 is 0 Å². The lowest BCUT2D eigenvalue weighted by Gasteiger charge is -2.19. The zero-order valence-corrected chi connectivity index (χ0v) is 38.5. The van der Waals surface area contributed by atoms with Crippen molar-refractivity contribution in [2.24, 2.45) is 0 Å². The molecule has 0 aliphatic rings. The number of benzene rings is 9. The van der Waals surface area contributed by atoms with E-state index in [1.807, 2.05) is 109 Å². The van der Waals surface area contributed by atoms with Gasteiger partial charge >= 0.3 is 0 Å². The van der Waals surface area contributed by atoms with E-state index in [1.165, 1.54) is 0 Å². The Morgan fingerprint density at radius 1 is 0.389 bits per heavy atom. The summed E-state index contributed by atoms with van der Waals surface area (Å²) in [5.74, 6) is 1.69. The van der Waals surface area contributed by atoms with Gasteiger partial charge in [-0.05, 0) is 107 Å². The summed E-state index contributed by atoms with van der Waals surface area (Å²) in [5.41, 5.74) is 15.4. The van der Waals surface area contributed by atoms with Crippen molar-refractivity contribution in [2.45, 2.75) is 0 Å². The minimum atomic E-state index is 0.534. The van der Waals surface area contributed by atoms with E-state index in [9.17, 15) is 5.26 Å². The molecule has 0 aliphatic heterocycles. The van der Waals surface area contributed by atoms with Gasteiger partial charge < -0.3 is 9.13 Å². The number of nitriles is 1. The molecular formula is C64H38N8. The van der Waals surface area contributed by atoms with Gasteiger partial charge in [0.25, 0.3) is 0 Å². The van der Waals surface area contributed by atoms with E-state index in [0.29, 0.717) is 28.7 Å². The number of hydrogen-bond acceptors (Lipinski definition) is 5. The van der Waals surface area contributed by atoms with Gasteiger partial charge in [-0.15, -0.1) is 0 Å². The summed E-state index contributed by atoms with van der Waals surface area (Å²) in [7, 11) is 0. The maximum Gasteiger partial charge on any atom is 0.187 e. The molecule has 13 aromatic rings. The van der Waals surface area contributed by atoms with Crippen LogP contribution in [-0.4, -0.2) is 29.1 Å². The van der Waals surface area contributed by atoms with Crippen molar-refractivity contribution in [3.8, 4) is 85.1 Å². The maximum atomic E-state index is 9.75. The van der Waals surface area contributed by atoms with Crippen LogP contribution in [0.25, 0.3) is 128 Å². The second-order valence-electron chi connectivity index (χ2n) is 17.7. The lowest BCUT2D eigenvalue weighted by Crippen LogP contribution is -2.04. The molecule has 8 heteroatoms. The third-order valence-electron chi connectivity index (χ3n) is 13.5. The highest BCUT2D eigenvalue weighted by Crippen LogP contribution is 2.43. The summed E-state index contributed by atoms with van der Waals surface area (Å²) in [4.78, 5) is 24.4. The monoisotopic (exact) mass is 918 g/mol. The summed E-state index contributed by atoms with van der Waals surface area (Å²) >= 11 is 0. The number of para-hydroxylation sites is 2. The van der Waals surface area contributed by atoms with Crippen LogP contribution in [0.15, 0.2) is 231 Å². The van der Waals surface area contributed by atoms with Gasteiger partial charge in [0.05, 0.1) is 57.3 Å². The average Bonchev–Trinajstić information content (AvgIpc) is 3.97. The van der Waals surface area contributed by atoms with E-state index in [4.69, 9.17) is 26.5 Å². The zero-order valence-electron chi connectivity index (χ0n) is 38.5. The predicted octanol–water partition coefficient (Wildman–Crippen LogP) is 15.9. The van der Waals surface area contributed by atoms with Gasteiger partial charge in [0, 0.05) is 50.0 Å². The van der Waals surface area contributed by atoms with Gasteiger partial charge in [0.15, 0.2) is 23.2 Å². The van der Waals surface area contributed by atoms with Crippen LogP contribution in [0.1, 0.15) is 5.56 Å². The van der Waals surface area contributed by atoms with Crippen LogP contribution in [0.5, 0.6) is 0 Å². The minimum Gasteiger partial charge on any atom is -0.309 e. The van der Waals surface area contributed by atoms with E-state index in [0.717, 1.165) is 105 Å². The smallest absolute Gasteiger partial charge is 0.187 e. The second kappa shape index (κ2) is 17.4. The molecule has 9 aromatic carbocycles. The fourth-order valence-electron chi connectivity index (χ4n) is 10.1. The first-order valence-electron chi connectivity index (χ1n) is 23.6. The first kappa shape index (κ1) is 41.9. The van der Waals surface area contributed by atoms with Crippen molar-refractivity contribution in [3.05, 3.63) is 248 Å². The Morgan fingerprint density at radius 3 is 1.50 bits per heavy atom. The number of aromatic nitrogens is 6. The summed E-state index contributed by atoms with van der Waals surface area (Å²) in [6.07, 6.45) is 1.86. The topological polar surface area (TPSA) is 89.6 Å². The molecule has 0 amide bonds. The molecule has 13 rings (SSSR count). The average molecular weight is 919 g/mol. The summed E-state index contributed by atoms with van der Waals surface area (Å²) in [5, 5.41) is 14.1. The first-order valence-corrected chi connectivity index (χ1v) is 23.6. The molecule has 0 fully saturated rings. The van der Waals surface area contributed by atoms with Crippen LogP contribution in [0, 0.1) is 17.9 Å². The number of nitrogens with zero attached hydrogens (tertiary/aromatic N) is 8. The Kier molecular flexibility index (Phi) is 10.1. The molecule has 0 saturated carbocycles. The molecular weight excluding hydrogens is 881 g/mol. The second-order valence-corrected chi connectivity index (χ2v) is 17.7. The largest absolute Gasteiger partial charge is 0.309 e. The lowest BCUT2D eigenvalue weighted by molar-refractivity contribution is 1.07. The van der Waals surface area contributed by atoms with E-state index < -0.39 is 0 Å². The van der Waals surface area contributed by atoms with Crippen LogP contribution in [-0.2, 0) is 0 Å². The van der Waals surface area contributed by atoms with Crippen LogP contribution in [0.4, 0.5) is 5.69 Å². The van der Waals surface area contributed by atoms with Gasteiger partial charge in [-0.3, -0.25) is 4.98 Å². The Bertz CT molecular complexity index is 4310. The van der Waals surface area contributed by atoms with Crippen LogP contribution in [0.3, 0.4) is 0 Å². The van der Waals surface area contributed by atoms with E-state index in [2.05, 4.69) is 141 Å². The van der Waals surface area contributed by atoms with Crippen molar-refractivity contribution in [3.63, 3.8) is 0 Å². The Hall–Kier alpha value is -10.3. The summed E-state index contributed by atoms with van der Waals surface area (Å²) < 4.78 is 4.66. The Labute approximate surface area is 414 Å². The van der Waals surface area contributed by atoms with Crippen molar-refractivity contribution < 1.29 is 0 Å². The highest BCUT2D eigenvalue weighted by molar-refractivity contribution is 6.12. The number of fused-ring (bicyclic) bond motifs is 6. The fourth-order valence-corrected chi connectivity index (χ4v) is 10.1. The molecule has 0 unspecified atom stereocenters. The number of rotatable bonds is 8. The predicted molar refractivity (Wildman–Crippen MR) is 290 cm³/mol. The lowest BCUT2D eigenvalue weighted by atomic mass is 10.0. The van der Waals surface area contributed by atoms with Gasteiger partial charge in [0.2, 0.25) is 0 Å². The van der Waals surface area contributed by atoms with E-state index in [1.54, 1.807) is 0 Å². The van der Waals surface area contributed by atoms with Crippen molar-refractivity contribution in [2.75, 3.05) is 0 Å². The highest BCUT2D eigenvalue weighted by Gasteiger charge is 2.24.